The molecule has 0 radical (unpaired) electrons. The van der Waals surface area contributed by atoms with Gasteiger partial charge in [0.2, 0.25) is 0 Å². The van der Waals surface area contributed by atoms with Crippen LogP contribution in [0.3, 0.4) is 0 Å². The number of pyridine rings is 1. The maximum atomic E-state index is 9.26. The summed E-state index contributed by atoms with van der Waals surface area (Å²) in [5, 5.41) is 9.26. The van der Waals surface area contributed by atoms with Crippen molar-refractivity contribution < 1.29 is 0 Å². The number of hydrogen-bond donors (Lipinski definition) is 1. The number of nitriles is 1. The lowest BCUT2D eigenvalue weighted by atomic mass is 10.1. The van der Waals surface area contributed by atoms with Crippen LogP contribution in [-0.2, 0) is 0 Å². The largest absolute Gasteiger partial charge is 0.397 e. The lowest BCUT2D eigenvalue weighted by Crippen LogP contribution is -2.55. The van der Waals surface area contributed by atoms with Crippen LogP contribution in [0.5, 0.6) is 0 Å². The van der Waals surface area contributed by atoms with Crippen LogP contribution in [0, 0.1) is 11.3 Å². The molecule has 0 saturated carbocycles. The van der Waals surface area contributed by atoms with Crippen LogP contribution in [0.15, 0.2) is 12.3 Å². The van der Waals surface area contributed by atoms with Crippen LogP contribution in [-0.4, -0.2) is 41.6 Å². The number of nitrogens with zero attached hydrogens (tertiary/aromatic N) is 4. The van der Waals surface area contributed by atoms with Gasteiger partial charge in [0.25, 0.3) is 0 Å². The second-order valence-corrected chi connectivity index (χ2v) is 5.54. The summed E-state index contributed by atoms with van der Waals surface area (Å²) in [5.74, 6) is 0.788. The van der Waals surface area contributed by atoms with E-state index in [2.05, 4.69) is 27.8 Å². The van der Waals surface area contributed by atoms with E-state index in [1.54, 1.807) is 12.3 Å². The predicted molar refractivity (Wildman–Crippen MR) is 74.8 cm³/mol. The number of anilines is 2. The third-order valence-electron chi connectivity index (χ3n) is 4.22. The van der Waals surface area contributed by atoms with Crippen molar-refractivity contribution in [3.05, 3.63) is 17.8 Å². The van der Waals surface area contributed by atoms with Crippen LogP contribution in [0.4, 0.5) is 11.5 Å². The number of nitrogen functional groups attached to an aromatic ring is 1. The molecule has 2 saturated heterocycles. The Morgan fingerprint density at radius 1 is 1.47 bits per heavy atom. The molecule has 1 aromatic rings. The Morgan fingerprint density at radius 3 is 3.11 bits per heavy atom. The van der Waals surface area contributed by atoms with E-state index in [9.17, 15) is 5.26 Å². The van der Waals surface area contributed by atoms with Crippen molar-refractivity contribution in [2.24, 2.45) is 0 Å². The standard InChI is InChI=1S/C14H19N5/c1-10-8-18-4-2-3-13(18)9-19(10)14-11(6-15)5-12(16)7-17-14/h5,7,10,13H,2-4,8-9,16H2,1H3. The molecule has 0 spiro atoms. The highest BCUT2D eigenvalue weighted by Gasteiger charge is 2.35. The van der Waals surface area contributed by atoms with Crippen LogP contribution >= 0.6 is 0 Å². The van der Waals surface area contributed by atoms with Crippen LogP contribution < -0.4 is 10.6 Å². The SMILES string of the molecule is CC1CN2CCCC2CN1c1ncc(N)cc1C#N. The van der Waals surface area contributed by atoms with E-state index in [1.165, 1.54) is 19.4 Å². The normalized spacial score (nSPS) is 27.1. The molecular formula is C14H19N5. The lowest BCUT2D eigenvalue weighted by molar-refractivity contribution is 0.202. The minimum atomic E-state index is 0.387. The Hall–Kier alpha value is -1.80. The van der Waals surface area contributed by atoms with Gasteiger partial charge in [0.05, 0.1) is 17.4 Å². The molecule has 2 N–H and O–H groups in total. The quantitative estimate of drug-likeness (QED) is 0.819. The maximum absolute atomic E-state index is 9.26. The fourth-order valence-electron chi connectivity index (χ4n) is 3.27. The zero-order chi connectivity index (χ0) is 13.4. The van der Waals surface area contributed by atoms with E-state index in [-0.39, 0.29) is 0 Å². The number of piperazine rings is 1. The van der Waals surface area contributed by atoms with E-state index in [0.717, 1.165) is 18.9 Å². The summed E-state index contributed by atoms with van der Waals surface area (Å²) >= 11 is 0. The molecule has 0 amide bonds. The second kappa shape index (κ2) is 4.71. The van der Waals surface area contributed by atoms with E-state index in [0.29, 0.717) is 23.3 Å². The molecule has 0 aromatic carbocycles. The van der Waals surface area contributed by atoms with Crippen molar-refractivity contribution in [1.29, 1.82) is 5.26 Å². The van der Waals surface area contributed by atoms with E-state index >= 15 is 0 Å². The second-order valence-electron chi connectivity index (χ2n) is 5.54. The van der Waals surface area contributed by atoms with Gasteiger partial charge in [-0.2, -0.15) is 5.26 Å². The van der Waals surface area contributed by atoms with E-state index in [4.69, 9.17) is 5.73 Å². The molecule has 2 aliphatic rings. The topological polar surface area (TPSA) is 69.2 Å². The molecule has 2 atom stereocenters. The number of aromatic nitrogens is 1. The van der Waals surface area contributed by atoms with Crippen molar-refractivity contribution >= 4 is 11.5 Å². The molecule has 1 aromatic heterocycles. The first-order valence-electron chi connectivity index (χ1n) is 6.85. The molecule has 0 bridgehead atoms. The van der Waals surface area contributed by atoms with Crippen LogP contribution in [0.1, 0.15) is 25.3 Å². The summed E-state index contributed by atoms with van der Waals surface area (Å²) in [6.07, 6.45) is 4.18. The number of rotatable bonds is 1. The molecule has 5 heteroatoms. The van der Waals surface area contributed by atoms with E-state index < -0.39 is 0 Å². The molecule has 19 heavy (non-hydrogen) atoms. The van der Waals surface area contributed by atoms with Gasteiger partial charge in [-0.1, -0.05) is 0 Å². The summed E-state index contributed by atoms with van der Waals surface area (Å²) in [7, 11) is 0. The fourth-order valence-corrected chi connectivity index (χ4v) is 3.27. The number of fused-ring (bicyclic) bond motifs is 1. The average molecular weight is 257 g/mol. The van der Waals surface area contributed by atoms with Gasteiger partial charge in [0, 0.05) is 25.2 Å². The van der Waals surface area contributed by atoms with E-state index in [1.807, 2.05) is 0 Å². The molecule has 2 unspecified atom stereocenters. The monoisotopic (exact) mass is 257 g/mol. The molecule has 3 heterocycles. The summed E-state index contributed by atoms with van der Waals surface area (Å²) < 4.78 is 0. The molecule has 0 aliphatic carbocycles. The van der Waals surface area contributed by atoms with Crippen LogP contribution in [0.2, 0.25) is 0 Å². The fraction of sp³-hybridized carbons (Fsp3) is 0.571. The molecular weight excluding hydrogens is 238 g/mol. The minimum absolute atomic E-state index is 0.387. The number of nitrogens with two attached hydrogens (primary N) is 1. The first-order valence-corrected chi connectivity index (χ1v) is 6.85. The van der Waals surface area contributed by atoms with Gasteiger partial charge >= 0.3 is 0 Å². The molecule has 2 aliphatic heterocycles. The van der Waals surface area contributed by atoms with Crippen molar-refractivity contribution in [2.75, 3.05) is 30.3 Å². The Labute approximate surface area is 113 Å². The van der Waals surface area contributed by atoms with Crippen molar-refractivity contribution in [1.82, 2.24) is 9.88 Å². The highest BCUT2D eigenvalue weighted by atomic mass is 15.3. The third-order valence-corrected chi connectivity index (χ3v) is 4.22. The lowest BCUT2D eigenvalue weighted by Gasteiger charge is -2.43. The highest BCUT2D eigenvalue weighted by molar-refractivity contribution is 5.59. The molecule has 3 rings (SSSR count). The molecule has 5 nitrogen and oxygen atoms in total. The van der Waals surface area contributed by atoms with Gasteiger partial charge < -0.3 is 10.6 Å². The van der Waals surface area contributed by atoms with Gasteiger partial charge in [-0.3, -0.25) is 4.90 Å². The van der Waals surface area contributed by atoms with Gasteiger partial charge in [-0.25, -0.2) is 4.98 Å². The van der Waals surface area contributed by atoms with Gasteiger partial charge in [-0.15, -0.1) is 0 Å². The minimum Gasteiger partial charge on any atom is -0.397 e. The van der Waals surface area contributed by atoms with Gasteiger partial charge in [-0.05, 0) is 32.4 Å². The maximum Gasteiger partial charge on any atom is 0.146 e. The first-order chi connectivity index (χ1) is 9.19. The van der Waals surface area contributed by atoms with Gasteiger partial charge in [0.1, 0.15) is 11.9 Å². The summed E-state index contributed by atoms with van der Waals surface area (Å²) in [5.41, 5.74) is 6.84. The molecule has 100 valence electrons. The van der Waals surface area contributed by atoms with Crippen molar-refractivity contribution in [2.45, 2.75) is 31.8 Å². The average Bonchev–Trinajstić information content (AvgIpc) is 2.85. The Balaban J connectivity index is 1.91. The Kier molecular flexibility index (Phi) is 3.03. The van der Waals surface area contributed by atoms with Crippen LogP contribution in [0.25, 0.3) is 0 Å². The van der Waals surface area contributed by atoms with Crippen molar-refractivity contribution in [3.8, 4) is 6.07 Å². The third kappa shape index (κ3) is 2.13. The highest BCUT2D eigenvalue weighted by Crippen LogP contribution is 2.29. The van der Waals surface area contributed by atoms with Gasteiger partial charge in [0.15, 0.2) is 0 Å². The Bertz CT molecular complexity index is 521. The number of hydrogen-bond acceptors (Lipinski definition) is 5. The molecule has 2 fully saturated rings. The smallest absolute Gasteiger partial charge is 0.146 e. The predicted octanol–water partition coefficient (Wildman–Crippen LogP) is 1.21. The zero-order valence-electron chi connectivity index (χ0n) is 11.2. The Morgan fingerprint density at radius 2 is 2.32 bits per heavy atom. The first kappa shape index (κ1) is 12.2. The zero-order valence-corrected chi connectivity index (χ0v) is 11.2. The van der Waals surface area contributed by atoms with Crippen molar-refractivity contribution in [3.63, 3.8) is 0 Å². The summed E-state index contributed by atoms with van der Waals surface area (Å²) in [6, 6.07) is 4.93. The summed E-state index contributed by atoms with van der Waals surface area (Å²) in [4.78, 5) is 9.23. The summed E-state index contributed by atoms with van der Waals surface area (Å²) in [6.45, 7) is 5.44.